The Labute approximate surface area is 119 Å². The standard InChI is InChI=1S/C14H23NO5/c1-3-5-9-19-13(17)8-7-12(15-11-16)14(18)20-10-6-4-2/h12H,3-10H2,1-2H3/t12-/m1/s1. The maximum Gasteiger partial charge on any atom is 0.331 e. The van der Waals surface area contributed by atoms with E-state index >= 15 is 0 Å². The summed E-state index contributed by atoms with van der Waals surface area (Å²) in [5.74, 6) is -0.992. The molecule has 0 aromatic rings. The molecule has 0 radical (unpaired) electrons. The molecule has 0 bridgehead atoms. The molecule has 0 aromatic carbocycles. The third kappa shape index (κ3) is 9.28. The number of carbonyl (C=O) groups is 2. The predicted molar refractivity (Wildman–Crippen MR) is 72.9 cm³/mol. The molecule has 0 unspecified atom stereocenters. The van der Waals surface area contributed by atoms with E-state index in [1.54, 1.807) is 0 Å². The molecule has 0 N–H and O–H groups in total. The molecule has 20 heavy (non-hydrogen) atoms. The van der Waals surface area contributed by atoms with Gasteiger partial charge in [0.05, 0.1) is 13.2 Å². The summed E-state index contributed by atoms with van der Waals surface area (Å²) >= 11 is 0. The van der Waals surface area contributed by atoms with Crippen molar-refractivity contribution in [2.24, 2.45) is 4.99 Å². The number of rotatable bonds is 11. The second-order valence-corrected chi connectivity index (χ2v) is 4.37. The molecular formula is C14H23NO5. The van der Waals surface area contributed by atoms with Gasteiger partial charge in [-0.25, -0.2) is 9.59 Å². The highest BCUT2D eigenvalue weighted by Crippen LogP contribution is 2.06. The van der Waals surface area contributed by atoms with Crippen molar-refractivity contribution in [3.05, 3.63) is 0 Å². The normalized spacial score (nSPS) is 11.3. The smallest absolute Gasteiger partial charge is 0.331 e. The van der Waals surface area contributed by atoms with Crippen LogP contribution in [0.4, 0.5) is 0 Å². The lowest BCUT2D eigenvalue weighted by Crippen LogP contribution is -2.23. The Morgan fingerprint density at radius 2 is 1.70 bits per heavy atom. The van der Waals surface area contributed by atoms with Crippen LogP contribution in [-0.4, -0.2) is 37.3 Å². The van der Waals surface area contributed by atoms with E-state index in [1.807, 2.05) is 13.8 Å². The van der Waals surface area contributed by atoms with Gasteiger partial charge in [-0.3, -0.25) is 4.79 Å². The number of nitrogens with zero attached hydrogens (tertiary/aromatic N) is 1. The molecular weight excluding hydrogens is 262 g/mol. The van der Waals surface area contributed by atoms with Crippen LogP contribution in [0.2, 0.25) is 0 Å². The van der Waals surface area contributed by atoms with Crippen molar-refractivity contribution in [2.45, 2.75) is 58.4 Å². The SMILES string of the molecule is CCCCOC(=O)CC[C@@H](N=C=O)C(=O)OCCCC. The van der Waals surface area contributed by atoms with Gasteiger partial charge in [0.1, 0.15) is 0 Å². The van der Waals surface area contributed by atoms with Crippen LogP contribution in [0.3, 0.4) is 0 Å². The molecule has 114 valence electrons. The molecule has 1 atom stereocenters. The van der Waals surface area contributed by atoms with E-state index in [9.17, 15) is 14.4 Å². The number of ether oxygens (including phenoxy) is 2. The zero-order valence-corrected chi connectivity index (χ0v) is 12.2. The van der Waals surface area contributed by atoms with Gasteiger partial charge in [-0.2, -0.15) is 4.99 Å². The maximum atomic E-state index is 11.6. The van der Waals surface area contributed by atoms with Gasteiger partial charge in [-0.15, -0.1) is 0 Å². The summed E-state index contributed by atoms with van der Waals surface area (Å²) < 4.78 is 9.92. The molecule has 0 saturated carbocycles. The van der Waals surface area contributed by atoms with Crippen molar-refractivity contribution in [1.82, 2.24) is 0 Å². The first-order chi connectivity index (χ1) is 9.65. The van der Waals surface area contributed by atoms with Crippen LogP contribution < -0.4 is 0 Å². The lowest BCUT2D eigenvalue weighted by molar-refractivity contribution is -0.146. The van der Waals surface area contributed by atoms with Crippen LogP contribution in [0, 0.1) is 0 Å². The number of isocyanates is 1. The fraction of sp³-hybridized carbons (Fsp3) is 0.786. The zero-order chi connectivity index (χ0) is 15.2. The van der Waals surface area contributed by atoms with Crippen molar-refractivity contribution in [2.75, 3.05) is 13.2 Å². The first-order valence-electron chi connectivity index (χ1n) is 7.04. The molecule has 0 aliphatic carbocycles. The van der Waals surface area contributed by atoms with Crippen LogP contribution in [0.15, 0.2) is 4.99 Å². The van der Waals surface area contributed by atoms with E-state index in [2.05, 4.69) is 4.99 Å². The number of hydrogen-bond donors (Lipinski definition) is 0. The van der Waals surface area contributed by atoms with Gasteiger partial charge in [-0.1, -0.05) is 26.7 Å². The Morgan fingerprint density at radius 1 is 1.10 bits per heavy atom. The number of aliphatic imine (C=N–C) groups is 1. The molecule has 0 aromatic heterocycles. The van der Waals surface area contributed by atoms with E-state index in [1.165, 1.54) is 6.08 Å². The summed E-state index contributed by atoms with van der Waals surface area (Å²) in [6.45, 7) is 4.63. The Hall–Kier alpha value is -1.68. The van der Waals surface area contributed by atoms with E-state index < -0.39 is 18.0 Å². The summed E-state index contributed by atoms with van der Waals surface area (Å²) in [5.41, 5.74) is 0. The summed E-state index contributed by atoms with van der Waals surface area (Å²) in [6.07, 6.45) is 4.87. The third-order valence-corrected chi connectivity index (χ3v) is 2.61. The number of unbranched alkanes of at least 4 members (excludes halogenated alkanes) is 2. The highest BCUT2D eigenvalue weighted by molar-refractivity contribution is 5.78. The average Bonchev–Trinajstić information content (AvgIpc) is 2.43. The van der Waals surface area contributed by atoms with Crippen LogP contribution in [0.1, 0.15) is 52.4 Å². The molecule has 6 nitrogen and oxygen atoms in total. The Bertz CT molecular complexity index is 336. The number of hydrogen-bond acceptors (Lipinski definition) is 6. The topological polar surface area (TPSA) is 82.0 Å². The lowest BCUT2D eigenvalue weighted by Gasteiger charge is -2.10. The summed E-state index contributed by atoms with van der Waals surface area (Å²) in [5, 5.41) is 0. The van der Waals surface area contributed by atoms with E-state index in [4.69, 9.17) is 9.47 Å². The predicted octanol–water partition coefficient (Wildman–Crippen LogP) is 2.16. The second kappa shape index (κ2) is 12.4. The molecule has 0 aliphatic heterocycles. The van der Waals surface area contributed by atoms with E-state index in [-0.39, 0.29) is 12.8 Å². The van der Waals surface area contributed by atoms with Gasteiger partial charge in [0, 0.05) is 6.42 Å². The Balaban J connectivity index is 4.10. The molecule has 6 heteroatoms. The van der Waals surface area contributed by atoms with Crippen molar-refractivity contribution >= 4 is 18.0 Å². The molecule has 0 heterocycles. The largest absolute Gasteiger partial charge is 0.466 e. The van der Waals surface area contributed by atoms with Gasteiger partial charge >= 0.3 is 11.9 Å². The molecule has 0 fully saturated rings. The van der Waals surface area contributed by atoms with E-state index in [0.29, 0.717) is 13.2 Å². The highest BCUT2D eigenvalue weighted by atomic mass is 16.5. The molecule has 0 rings (SSSR count). The van der Waals surface area contributed by atoms with Crippen LogP contribution in [0.25, 0.3) is 0 Å². The Kier molecular flexibility index (Phi) is 11.3. The first kappa shape index (κ1) is 18.3. The van der Waals surface area contributed by atoms with Crippen molar-refractivity contribution in [3.63, 3.8) is 0 Å². The van der Waals surface area contributed by atoms with Crippen molar-refractivity contribution < 1.29 is 23.9 Å². The average molecular weight is 285 g/mol. The quantitative estimate of drug-likeness (QED) is 0.251. The summed E-state index contributed by atoms with van der Waals surface area (Å²) in [7, 11) is 0. The number of esters is 2. The van der Waals surface area contributed by atoms with Gasteiger partial charge in [-0.05, 0) is 19.3 Å². The minimum Gasteiger partial charge on any atom is -0.466 e. The van der Waals surface area contributed by atoms with Gasteiger partial charge < -0.3 is 9.47 Å². The van der Waals surface area contributed by atoms with Crippen LogP contribution in [-0.2, 0) is 23.9 Å². The van der Waals surface area contributed by atoms with Gasteiger partial charge in [0.2, 0.25) is 6.08 Å². The van der Waals surface area contributed by atoms with Crippen molar-refractivity contribution in [3.8, 4) is 0 Å². The minimum atomic E-state index is -0.969. The summed E-state index contributed by atoms with van der Waals surface area (Å²) in [4.78, 5) is 36.7. The second-order valence-electron chi connectivity index (χ2n) is 4.37. The van der Waals surface area contributed by atoms with Gasteiger partial charge in [0.25, 0.3) is 0 Å². The fourth-order valence-corrected chi connectivity index (χ4v) is 1.37. The number of carbonyl (C=O) groups excluding carboxylic acids is 3. The lowest BCUT2D eigenvalue weighted by atomic mass is 10.1. The summed E-state index contributed by atoms with van der Waals surface area (Å²) in [6, 6.07) is -0.969. The molecule has 0 aliphatic rings. The van der Waals surface area contributed by atoms with Crippen LogP contribution >= 0.6 is 0 Å². The molecule has 0 saturated heterocycles. The fourth-order valence-electron chi connectivity index (χ4n) is 1.37. The highest BCUT2D eigenvalue weighted by Gasteiger charge is 2.20. The molecule has 0 amide bonds. The van der Waals surface area contributed by atoms with E-state index in [0.717, 1.165) is 25.7 Å². The first-order valence-corrected chi connectivity index (χ1v) is 7.04. The van der Waals surface area contributed by atoms with Crippen LogP contribution in [0.5, 0.6) is 0 Å². The van der Waals surface area contributed by atoms with Gasteiger partial charge in [0.15, 0.2) is 6.04 Å². The van der Waals surface area contributed by atoms with Crippen molar-refractivity contribution in [1.29, 1.82) is 0 Å². The maximum absolute atomic E-state index is 11.6. The third-order valence-electron chi connectivity index (χ3n) is 2.61. The monoisotopic (exact) mass is 285 g/mol. The minimum absolute atomic E-state index is 0.0302. The molecule has 0 spiro atoms. The Morgan fingerprint density at radius 3 is 2.25 bits per heavy atom. The zero-order valence-electron chi connectivity index (χ0n) is 12.2.